The van der Waals surface area contributed by atoms with Crippen LogP contribution in [0.5, 0.6) is 0 Å². The normalized spacial score (nSPS) is 25.2. The zero-order valence-corrected chi connectivity index (χ0v) is 14.1. The van der Waals surface area contributed by atoms with Gasteiger partial charge in [0.05, 0.1) is 18.5 Å². The lowest BCUT2D eigenvalue weighted by atomic mass is 9.93. The highest BCUT2D eigenvalue weighted by Gasteiger charge is 2.41. The summed E-state index contributed by atoms with van der Waals surface area (Å²) in [5.41, 5.74) is 0.290. The van der Waals surface area contributed by atoms with Gasteiger partial charge in [0.1, 0.15) is 17.8 Å². The van der Waals surface area contributed by atoms with Gasteiger partial charge in [-0.15, -0.1) is 0 Å². The van der Waals surface area contributed by atoms with E-state index in [1.807, 2.05) is 0 Å². The molecule has 2 aliphatic rings. The van der Waals surface area contributed by atoms with Gasteiger partial charge in [0, 0.05) is 25.2 Å². The largest absolute Gasteiger partial charge is 0.341 e. The smallest absolute Gasteiger partial charge is 0.265 e. The quantitative estimate of drug-likeness (QED) is 0.819. The zero-order chi connectivity index (χ0) is 19.0. The fraction of sp³-hybridized carbons (Fsp3) is 0.412. The number of hydrazone groups is 1. The summed E-state index contributed by atoms with van der Waals surface area (Å²) in [5, 5.41) is 8.83. The number of carbonyl (C=O) groups excluding carboxylic acids is 1. The van der Waals surface area contributed by atoms with E-state index in [0.29, 0.717) is 13.0 Å². The topological polar surface area (TPSA) is 74.8 Å². The summed E-state index contributed by atoms with van der Waals surface area (Å²) in [5.74, 6) is -2.60. The Balaban J connectivity index is 1.49. The van der Waals surface area contributed by atoms with E-state index in [2.05, 4.69) is 19.8 Å². The minimum atomic E-state index is -1.45. The van der Waals surface area contributed by atoms with Crippen LogP contribution in [0.25, 0.3) is 0 Å². The maximum atomic E-state index is 14.7. The number of nitrogens with zero attached hydrogens (tertiary/aromatic N) is 5. The Bertz CT molecular complexity index is 840. The number of piperidine rings is 1. The van der Waals surface area contributed by atoms with Crippen molar-refractivity contribution in [2.75, 3.05) is 18.0 Å². The number of anilines is 1. The highest BCUT2D eigenvalue weighted by Crippen LogP contribution is 2.33. The van der Waals surface area contributed by atoms with Crippen LogP contribution in [0.1, 0.15) is 24.4 Å². The molecule has 2 aliphatic heterocycles. The lowest BCUT2D eigenvalue weighted by molar-refractivity contribution is -0.140. The summed E-state index contributed by atoms with van der Waals surface area (Å²) in [7, 11) is 0. The molecule has 0 unspecified atom stereocenters. The number of carbonyl (C=O) groups is 1. The summed E-state index contributed by atoms with van der Waals surface area (Å²) >= 11 is 0. The van der Waals surface area contributed by atoms with E-state index >= 15 is 0 Å². The molecule has 1 amide bonds. The average molecular weight is 379 g/mol. The summed E-state index contributed by atoms with van der Waals surface area (Å²) < 4.78 is 46.4. The molecule has 7 nitrogen and oxygen atoms in total. The number of rotatable bonds is 3. The van der Waals surface area contributed by atoms with Gasteiger partial charge in [0.15, 0.2) is 0 Å². The van der Waals surface area contributed by atoms with Gasteiger partial charge in [-0.3, -0.25) is 4.79 Å². The molecule has 0 radical (unpaired) electrons. The van der Waals surface area contributed by atoms with Crippen molar-refractivity contribution in [3.8, 4) is 0 Å². The van der Waals surface area contributed by atoms with Crippen molar-refractivity contribution in [2.24, 2.45) is 11.0 Å². The first-order valence-electron chi connectivity index (χ1n) is 8.50. The van der Waals surface area contributed by atoms with Crippen molar-refractivity contribution in [1.29, 1.82) is 0 Å². The van der Waals surface area contributed by atoms with Crippen LogP contribution in [0.4, 0.5) is 19.1 Å². The minimum absolute atomic E-state index is 0.0489. The molecule has 0 spiro atoms. The van der Waals surface area contributed by atoms with Gasteiger partial charge in [0.2, 0.25) is 12.3 Å². The fourth-order valence-electron chi connectivity index (χ4n) is 3.51. The standard InChI is InChI=1S/C17H16F3N5O2/c18-11-5-10(6-12(19)7-11)15-1-3-22-25(15)16(26)13-2-4-24(8-14(13)20)17-21-9-27-23-17/h3,5-7,9,13-15H,1-2,4,8H2/t13-,14+,15+/m1/s1. The minimum Gasteiger partial charge on any atom is -0.341 e. The molecule has 10 heteroatoms. The van der Waals surface area contributed by atoms with E-state index in [9.17, 15) is 18.0 Å². The number of halogens is 3. The van der Waals surface area contributed by atoms with Crippen molar-refractivity contribution in [2.45, 2.75) is 25.1 Å². The third kappa shape index (κ3) is 3.38. The van der Waals surface area contributed by atoms with Crippen LogP contribution in [0.2, 0.25) is 0 Å². The molecule has 1 aromatic heterocycles. The van der Waals surface area contributed by atoms with Gasteiger partial charge in [0.25, 0.3) is 5.95 Å². The molecular weight excluding hydrogens is 363 g/mol. The zero-order valence-electron chi connectivity index (χ0n) is 14.1. The molecule has 0 saturated carbocycles. The second-order valence-corrected chi connectivity index (χ2v) is 6.52. The lowest BCUT2D eigenvalue weighted by Gasteiger charge is -2.35. The first kappa shape index (κ1) is 17.5. The Labute approximate surface area is 152 Å². The van der Waals surface area contributed by atoms with E-state index in [1.54, 1.807) is 4.90 Å². The number of amides is 1. The fourth-order valence-corrected chi connectivity index (χ4v) is 3.51. The highest BCUT2D eigenvalue weighted by molar-refractivity contribution is 5.82. The van der Waals surface area contributed by atoms with Gasteiger partial charge < -0.3 is 9.42 Å². The molecule has 3 atom stereocenters. The molecule has 4 rings (SSSR count). The predicted molar refractivity (Wildman–Crippen MR) is 88.6 cm³/mol. The molecule has 0 aliphatic carbocycles. The van der Waals surface area contributed by atoms with Gasteiger partial charge in [-0.1, -0.05) is 0 Å². The molecule has 1 fully saturated rings. The SMILES string of the molecule is O=C([C@@H]1CCN(c2ncon2)C[C@@H]1F)N1N=CC[C@H]1c1cc(F)cc(F)c1. The summed E-state index contributed by atoms with van der Waals surface area (Å²) in [6.07, 6.45) is 1.75. The molecule has 0 N–H and O–H groups in total. The predicted octanol–water partition coefficient (Wildman–Crippen LogP) is 2.47. The first-order chi connectivity index (χ1) is 13.0. The van der Waals surface area contributed by atoms with Crippen LogP contribution in [-0.4, -0.2) is 46.5 Å². The van der Waals surface area contributed by atoms with Gasteiger partial charge in [-0.25, -0.2) is 18.2 Å². The molecule has 1 aromatic carbocycles. The second kappa shape index (κ2) is 7.01. The molecule has 0 bridgehead atoms. The van der Waals surface area contributed by atoms with Crippen LogP contribution in [-0.2, 0) is 4.79 Å². The number of aromatic nitrogens is 2. The first-order valence-corrected chi connectivity index (χ1v) is 8.50. The van der Waals surface area contributed by atoms with Gasteiger partial charge in [-0.2, -0.15) is 10.1 Å². The number of benzene rings is 1. The van der Waals surface area contributed by atoms with Crippen LogP contribution < -0.4 is 4.90 Å². The summed E-state index contributed by atoms with van der Waals surface area (Å²) in [6.45, 7) is 0.333. The molecule has 3 heterocycles. The van der Waals surface area contributed by atoms with E-state index in [4.69, 9.17) is 0 Å². The number of alkyl halides is 1. The number of hydrogen-bond acceptors (Lipinski definition) is 6. The Morgan fingerprint density at radius 3 is 2.67 bits per heavy atom. The van der Waals surface area contributed by atoms with Crippen molar-refractivity contribution in [3.05, 3.63) is 41.8 Å². The average Bonchev–Trinajstić information content (AvgIpc) is 3.32. The van der Waals surface area contributed by atoms with Crippen LogP contribution in [0.15, 0.2) is 34.2 Å². The maximum absolute atomic E-state index is 14.7. The molecule has 142 valence electrons. The van der Waals surface area contributed by atoms with Gasteiger partial charge in [-0.05, 0) is 29.3 Å². The monoisotopic (exact) mass is 379 g/mol. The van der Waals surface area contributed by atoms with E-state index < -0.39 is 35.7 Å². The molecule has 1 saturated heterocycles. The van der Waals surface area contributed by atoms with E-state index in [1.165, 1.54) is 6.21 Å². The lowest BCUT2D eigenvalue weighted by Crippen LogP contribution is -2.48. The van der Waals surface area contributed by atoms with E-state index in [-0.39, 0.29) is 24.5 Å². The third-order valence-corrected chi connectivity index (χ3v) is 4.82. The Kier molecular flexibility index (Phi) is 4.54. The van der Waals surface area contributed by atoms with E-state index in [0.717, 1.165) is 29.6 Å². The van der Waals surface area contributed by atoms with Crippen molar-refractivity contribution >= 4 is 18.1 Å². The van der Waals surface area contributed by atoms with Crippen molar-refractivity contribution < 1.29 is 22.5 Å². The molecule has 27 heavy (non-hydrogen) atoms. The van der Waals surface area contributed by atoms with Crippen LogP contribution in [0, 0.1) is 17.6 Å². The summed E-state index contributed by atoms with van der Waals surface area (Å²) in [6, 6.07) is 2.44. The van der Waals surface area contributed by atoms with Crippen LogP contribution >= 0.6 is 0 Å². The van der Waals surface area contributed by atoms with Crippen LogP contribution in [0.3, 0.4) is 0 Å². The highest BCUT2D eigenvalue weighted by atomic mass is 19.1. The number of hydrogen-bond donors (Lipinski definition) is 0. The Morgan fingerprint density at radius 2 is 2.00 bits per heavy atom. The maximum Gasteiger partial charge on any atom is 0.265 e. The van der Waals surface area contributed by atoms with Crippen molar-refractivity contribution in [1.82, 2.24) is 15.1 Å². The molecular formula is C17H16F3N5O2. The third-order valence-electron chi connectivity index (χ3n) is 4.82. The Hall–Kier alpha value is -2.91. The Morgan fingerprint density at radius 1 is 1.22 bits per heavy atom. The van der Waals surface area contributed by atoms with Gasteiger partial charge >= 0.3 is 0 Å². The summed E-state index contributed by atoms with van der Waals surface area (Å²) in [4.78, 5) is 18.4. The molecule has 2 aromatic rings. The second-order valence-electron chi connectivity index (χ2n) is 6.52. The van der Waals surface area contributed by atoms with Crippen molar-refractivity contribution in [3.63, 3.8) is 0 Å².